The number of rotatable bonds is 5. The lowest BCUT2D eigenvalue weighted by Crippen LogP contribution is -2.36. The van der Waals surface area contributed by atoms with Gasteiger partial charge in [0.15, 0.2) is 0 Å². The molecule has 0 saturated heterocycles. The van der Waals surface area contributed by atoms with E-state index >= 15 is 0 Å². The summed E-state index contributed by atoms with van der Waals surface area (Å²) in [6, 6.07) is 19.3. The van der Waals surface area contributed by atoms with Crippen LogP contribution in [0.3, 0.4) is 0 Å². The number of anilines is 1. The minimum absolute atomic E-state index is 0.395. The Morgan fingerprint density at radius 3 is 2.50 bits per heavy atom. The highest BCUT2D eigenvalue weighted by molar-refractivity contribution is 6.61. The van der Waals surface area contributed by atoms with Gasteiger partial charge in [0.2, 0.25) is 0 Å². The number of nitrogens with zero attached hydrogens (tertiary/aromatic N) is 2. The van der Waals surface area contributed by atoms with Gasteiger partial charge < -0.3 is 4.81 Å². The maximum absolute atomic E-state index is 4.93. The highest BCUT2D eigenvalue weighted by Gasteiger charge is 2.18. The Labute approximate surface area is 145 Å². The second kappa shape index (κ2) is 7.08. The number of aromatic nitrogens is 1. The Bertz CT molecular complexity index is 830. The first-order chi connectivity index (χ1) is 11.6. The van der Waals surface area contributed by atoms with E-state index in [0.29, 0.717) is 6.85 Å². The van der Waals surface area contributed by atoms with Crippen LogP contribution in [-0.2, 0) is 12.7 Å². The fraction of sp³-hybridized carbons (Fsp3) is 0.286. The largest absolute Gasteiger partial charge is 0.403 e. The van der Waals surface area contributed by atoms with Crippen LogP contribution in [0.25, 0.3) is 10.9 Å². The number of hydrogen-bond donors (Lipinski definition) is 0. The smallest absolute Gasteiger partial charge is 0.257 e. The predicted molar refractivity (Wildman–Crippen MR) is 106 cm³/mol. The Kier molecular flexibility index (Phi) is 4.89. The summed E-state index contributed by atoms with van der Waals surface area (Å²) in [6.07, 6.45) is 2.06. The number of pyridine rings is 1. The summed E-state index contributed by atoms with van der Waals surface area (Å²) in [4.78, 5) is 7.22. The molecule has 0 N–H and O–H groups in total. The van der Waals surface area contributed by atoms with Gasteiger partial charge in [0.1, 0.15) is 5.82 Å². The van der Waals surface area contributed by atoms with Crippen molar-refractivity contribution >= 4 is 23.6 Å². The van der Waals surface area contributed by atoms with E-state index < -0.39 is 0 Å². The molecule has 3 aromatic rings. The van der Waals surface area contributed by atoms with E-state index in [4.69, 9.17) is 4.98 Å². The minimum Gasteiger partial charge on any atom is -0.403 e. The molecule has 2 nitrogen and oxygen atoms in total. The van der Waals surface area contributed by atoms with Crippen LogP contribution in [0.1, 0.15) is 23.6 Å². The molecule has 0 aliphatic rings. The third-order valence-corrected chi connectivity index (χ3v) is 4.88. The van der Waals surface area contributed by atoms with Gasteiger partial charge >= 0.3 is 0 Å². The van der Waals surface area contributed by atoms with Gasteiger partial charge in [-0.2, -0.15) is 0 Å². The van der Waals surface area contributed by atoms with E-state index in [2.05, 4.69) is 87.1 Å². The van der Waals surface area contributed by atoms with Crippen LogP contribution in [-0.4, -0.2) is 18.9 Å². The quantitative estimate of drug-likeness (QED) is 0.619. The Morgan fingerprint density at radius 1 is 1.04 bits per heavy atom. The van der Waals surface area contributed by atoms with Crippen LogP contribution < -0.4 is 4.81 Å². The Balaban J connectivity index is 1.91. The Morgan fingerprint density at radius 2 is 1.79 bits per heavy atom. The van der Waals surface area contributed by atoms with Crippen LogP contribution in [0.4, 0.5) is 5.82 Å². The monoisotopic (exact) mass is 316 g/mol. The summed E-state index contributed by atoms with van der Waals surface area (Å²) >= 11 is 0. The lowest BCUT2D eigenvalue weighted by Gasteiger charge is -2.25. The molecule has 0 aliphatic carbocycles. The molecule has 0 radical (unpaired) electrons. The van der Waals surface area contributed by atoms with Crippen LogP contribution in [0, 0.1) is 6.92 Å². The molecule has 24 heavy (non-hydrogen) atoms. The number of aryl methyl sites for hydroxylation is 2. The zero-order chi connectivity index (χ0) is 17.1. The molecular formula is C21H25BN2. The molecule has 0 atom stereocenters. The lowest BCUT2D eigenvalue weighted by atomic mass is 9.58. The molecule has 0 aliphatic heterocycles. The first-order valence-corrected chi connectivity index (χ1v) is 8.76. The second-order valence-electron chi connectivity index (χ2n) is 6.61. The molecule has 0 saturated carbocycles. The second-order valence-corrected chi connectivity index (χ2v) is 6.61. The van der Waals surface area contributed by atoms with E-state index in [0.717, 1.165) is 24.1 Å². The molecule has 2 aromatic carbocycles. The number of hydrogen-bond acceptors (Lipinski definition) is 2. The number of benzene rings is 2. The van der Waals surface area contributed by atoms with E-state index in [1.54, 1.807) is 0 Å². The first kappa shape index (κ1) is 16.6. The average molecular weight is 316 g/mol. The topological polar surface area (TPSA) is 16.1 Å². The fourth-order valence-electron chi connectivity index (χ4n) is 3.35. The van der Waals surface area contributed by atoms with Crippen molar-refractivity contribution in [2.45, 2.75) is 33.4 Å². The van der Waals surface area contributed by atoms with Crippen molar-refractivity contribution in [2.75, 3.05) is 11.9 Å². The van der Waals surface area contributed by atoms with Crippen LogP contribution in [0.2, 0.25) is 6.82 Å². The molecule has 0 fully saturated rings. The van der Waals surface area contributed by atoms with Gasteiger partial charge in [-0.3, -0.25) is 0 Å². The molecule has 0 spiro atoms. The van der Waals surface area contributed by atoms with Crippen LogP contribution >= 0.6 is 0 Å². The SMILES string of the molecule is CCc1cccc2nc(N(C)B(C)Cc3ccccc3)cc(C)c12. The lowest BCUT2D eigenvalue weighted by molar-refractivity contribution is 1.14. The molecule has 122 valence electrons. The maximum atomic E-state index is 4.93. The fourth-order valence-corrected chi connectivity index (χ4v) is 3.35. The molecule has 0 bridgehead atoms. The highest BCUT2D eigenvalue weighted by atomic mass is 15.1. The molecule has 0 unspecified atom stereocenters. The van der Waals surface area contributed by atoms with E-state index in [1.165, 1.54) is 22.1 Å². The Hall–Kier alpha value is -2.29. The molecule has 1 heterocycles. The van der Waals surface area contributed by atoms with Gasteiger partial charge in [0, 0.05) is 5.39 Å². The molecule has 3 rings (SSSR count). The average Bonchev–Trinajstić information content (AvgIpc) is 2.61. The van der Waals surface area contributed by atoms with Crippen molar-refractivity contribution in [1.29, 1.82) is 0 Å². The maximum Gasteiger partial charge on any atom is 0.257 e. The van der Waals surface area contributed by atoms with Crippen molar-refractivity contribution in [3.05, 3.63) is 71.3 Å². The summed E-state index contributed by atoms with van der Waals surface area (Å²) in [5.41, 5.74) is 5.15. The number of fused-ring (bicyclic) bond motifs is 1. The summed E-state index contributed by atoms with van der Waals surface area (Å²) in [6.45, 7) is 7.06. The molecule has 3 heteroatoms. The van der Waals surface area contributed by atoms with Gasteiger partial charge in [0.05, 0.1) is 5.52 Å². The highest BCUT2D eigenvalue weighted by Crippen LogP contribution is 2.26. The third kappa shape index (κ3) is 3.30. The van der Waals surface area contributed by atoms with E-state index in [1.807, 2.05) is 0 Å². The van der Waals surface area contributed by atoms with Crippen molar-refractivity contribution < 1.29 is 0 Å². The first-order valence-electron chi connectivity index (χ1n) is 8.76. The summed E-state index contributed by atoms with van der Waals surface area (Å²) in [7, 11) is 2.14. The van der Waals surface area contributed by atoms with Gasteiger partial charge in [-0.25, -0.2) is 4.98 Å². The van der Waals surface area contributed by atoms with Crippen molar-refractivity contribution in [1.82, 2.24) is 4.98 Å². The minimum atomic E-state index is 0.395. The molecule has 1 aromatic heterocycles. The van der Waals surface area contributed by atoms with E-state index in [9.17, 15) is 0 Å². The van der Waals surface area contributed by atoms with Gasteiger partial charge in [0.25, 0.3) is 6.85 Å². The van der Waals surface area contributed by atoms with Gasteiger partial charge in [-0.05, 0) is 50.0 Å². The summed E-state index contributed by atoms with van der Waals surface area (Å²) < 4.78 is 0. The van der Waals surface area contributed by atoms with Crippen molar-refractivity contribution in [3.63, 3.8) is 0 Å². The van der Waals surface area contributed by atoms with E-state index in [-0.39, 0.29) is 0 Å². The van der Waals surface area contributed by atoms with Crippen LogP contribution in [0.5, 0.6) is 0 Å². The molecule has 0 amide bonds. The normalized spacial score (nSPS) is 10.8. The zero-order valence-electron chi connectivity index (χ0n) is 15.1. The van der Waals surface area contributed by atoms with Gasteiger partial charge in [-0.1, -0.05) is 61.8 Å². The van der Waals surface area contributed by atoms with Crippen molar-refractivity contribution in [2.24, 2.45) is 0 Å². The zero-order valence-corrected chi connectivity index (χ0v) is 15.1. The summed E-state index contributed by atoms with van der Waals surface area (Å²) in [5, 5.41) is 1.31. The molecular weight excluding hydrogens is 291 g/mol. The standard InChI is InChI=1S/C21H25BN2/c1-5-18-12-9-13-19-21(18)16(2)14-20(23-19)24(4)22(3)15-17-10-7-6-8-11-17/h6-14H,5,15H2,1-4H3. The predicted octanol–water partition coefficient (Wildman–Crippen LogP) is 4.95. The third-order valence-electron chi connectivity index (χ3n) is 4.88. The summed E-state index contributed by atoms with van der Waals surface area (Å²) in [5.74, 6) is 1.05. The van der Waals surface area contributed by atoms with Crippen LogP contribution in [0.15, 0.2) is 54.6 Å². The van der Waals surface area contributed by atoms with Crippen molar-refractivity contribution in [3.8, 4) is 0 Å². The van der Waals surface area contributed by atoms with Gasteiger partial charge in [-0.15, -0.1) is 0 Å².